The van der Waals surface area contributed by atoms with Gasteiger partial charge in [0.1, 0.15) is 6.04 Å². The summed E-state index contributed by atoms with van der Waals surface area (Å²) in [5.74, 6) is -0.899. The number of carbonyl (C=O) groups is 1. The molecular weight excluding hydrogens is 154 g/mol. The molecule has 0 aromatic rings. The predicted octanol–water partition coefficient (Wildman–Crippen LogP) is 1.61. The van der Waals surface area contributed by atoms with E-state index < -0.39 is 12.0 Å². The molecule has 0 fully saturated rings. The summed E-state index contributed by atoms with van der Waals surface area (Å²) in [7, 11) is 0. The van der Waals surface area contributed by atoms with Crippen LogP contribution in [-0.4, -0.2) is 17.1 Å². The lowest BCUT2D eigenvalue weighted by molar-refractivity contribution is -0.138. The van der Waals surface area contributed by atoms with Crippen LogP contribution in [0.1, 0.15) is 40.0 Å². The second-order valence-electron chi connectivity index (χ2n) is 4.40. The molecule has 0 aliphatic heterocycles. The van der Waals surface area contributed by atoms with Gasteiger partial charge in [0.15, 0.2) is 0 Å². The molecule has 12 heavy (non-hydrogen) atoms. The molecule has 3 nitrogen and oxygen atoms in total. The van der Waals surface area contributed by atoms with Crippen LogP contribution in [-0.2, 0) is 4.79 Å². The maximum atomic E-state index is 10.3. The highest BCUT2D eigenvalue weighted by molar-refractivity contribution is 5.72. The topological polar surface area (TPSA) is 63.3 Å². The molecular formula is C9H19NO2. The minimum Gasteiger partial charge on any atom is -0.480 e. The van der Waals surface area contributed by atoms with Crippen molar-refractivity contribution < 1.29 is 9.90 Å². The van der Waals surface area contributed by atoms with Crippen LogP contribution in [0.3, 0.4) is 0 Å². The summed E-state index contributed by atoms with van der Waals surface area (Å²) < 4.78 is 0. The SMILES string of the molecule is CC(C)(C)CCC[C@H](N)C(=O)O. The summed E-state index contributed by atoms with van der Waals surface area (Å²) in [6.07, 6.45) is 2.48. The Balaban J connectivity index is 3.51. The molecule has 0 radical (unpaired) electrons. The first-order chi connectivity index (χ1) is 5.33. The molecule has 0 aliphatic rings. The van der Waals surface area contributed by atoms with Gasteiger partial charge in [-0.05, 0) is 18.3 Å². The summed E-state index contributed by atoms with van der Waals surface area (Å²) >= 11 is 0. The monoisotopic (exact) mass is 173 g/mol. The standard InChI is InChI=1S/C9H19NO2/c1-9(2,3)6-4-5-7(10)8(11)12/h7H,4-6,10H2,1-3H3,(H,11,12)/t7-/m0/s1. The van der Waals surface area contributed by atoms with Gasteiger partial charge in [-0.15, -0.1) is 0 Å². The smallest absolute Gasteiger partial charge is 0.320 e. The maximum absolute atomic E-state index is 10.3. The number of carboxylic acid groups (broad SMARTS) is 1. The van der Waals surface area contributed by atoms with Crippen LogP contribution in [0, 0.1) is 5.41 Å². The molecule has 3 N–H and O–H groups in total. The summed E-state index contributed by atoms with van der Waals surface area (Å²) in [4.78, 5) is 10.3. The highest BCUT2D eigenvalue weighted by Gasteiger charge is 2.14. The minimum absolute atomic E-state index is 0.276. The normalized spacial score (nSPS) is 14.3. The highest BCUT2D eigenvalue weighted by atomic mass is 16.4. The predicted molar refractivity (Wildman–Crippen MR) is 48.9 cm³/mol. The molecule has 3 heteroatoms. The van der Waals surface area contributed by atoms with Crippen LogP contribution in [0.25, 0.3) is 0 Å². The lowest BCUT2D eigenvalue weighted by atomic mass is 9.89. The number of aliphatic carboxylic acids is 1. The van der Waals surface area contributed by atoms with Gasteiger partial charge in [0.25, 0.3) is 0 Å². The number of hydrogen-bond donors (Lipinski definition) is 2. The van der Waals surface area contributed by atoms with Crippen LogP contribution >= 0.6 is 0 Å². The zero-order valence-electron chi connectivity index (χ0n) is 8.13. The summed E-state index contributed by atoms with van der Waals surface area (Å²) in [5.41, 5.74) is 5.62. The fourth-order valence-electron chi connectivity index (χ4n) is 0.976. The van der Waals surface area contributed by atoms with E-state index in [0.717, 1.165) is 12.8 Å². The van der Waals surface area contributed by atoms with Crippen molar-refractivity contribution in [3.05, 3.63) is 0 Å². The molecule has 0 aliphatic carbocycles. The Hall–Kier alpha value is -0.570. The number of nitrogens with two attached hydrogens (primary N) is 1. The molecule has 0 amide bonds. The van der Waals surface area contributed by atoms with Crippen LogP contribution < -0.4 is 5.73 Å². The first-order valence-electron chi connectivity index (χ1n) is 4.31. The van der Waals surface area contributed by atoms with Gasteiger partial charge in [0.05, 0.1) is 0 Å². The van der Waals surface area contributed by atoms with Crippen molar-refractivity contribution in [3.8, 4) is 0 Å². The molecule has 1 atom stereocenters. The van der Waals surface area contributed by atoms with Crippen LogP contribution in [0.15, 0.2) is 0 Å². The van der Waals surface area contributed by atoms with E-state index in [-0.39, 0.29) is 5.41 Å². The van der Waals surface area contributed by atoms with Crippen molar-refractivity contribution in [2.75, 3.05) is 0 Å². The largest absolute Gasteiger partial charge is 0.480 e. The summed E-state index contributed by atoms with van der Waals surface area (Å²) in [5, 5.41) is 8.49. The van der Waals surface area contributed by atoms with E-state index in [1.807, 2.05) is 0 Å². The lowest BCUT2D eigenvalue weighted by Gasteiger charge is -2.18. The molecule has 0 aromatic carbocycles. The number of hydrogen-bond acceptors (Lipinski definition) is 2. The van der Waals surface area contributed by atoms with Gasteiger partial charge in [-0.3, -0.25) is 4.79 Å². The average Bonchev–Trinajstić information content (AvgIpc) is 1.84. The van der Waals surface area contributed by atoms with Crippen molar-refractivity contribution in [2.24, 2.45) is 11.1 Å². The third-order valence-corrected chi connectivity index (χ3v) is 1.76. The average molecular weight is 173 g/mol. The van der Waals surface area contributed by atoms with Gasteiger partial charge in [0.2, 0.25) is 0 Å². The molecule has 0 rings (SSSR count). The molecule has 72 valence electrons. The fourth-order valence-corrected chi connectivity index (χ4v) is 0.976. The van der Waals surface area contributed by atoms with Gasteiger partial charge < -0.3 is 10.8 Å². The van der Waals surface area contributed by atoms with Crippen molar-refractivity contribution >= 4 is 5.97 Å². The first kappa shape index (κ1) is 11.4. The number of carboxylic acids is 1. The van der Waals surface area contributed by atoms with E-state index in [1.165, 1.54) is 0 Å². The van der Waals surface area contributed by atoms with Gasteiger partial charge in [-0.2, -0.15) is 0 Å². The zero-order valence-corrected chi connectivity index (χ0v) is 8.13. The van der Waals surface area contributed by atoms with Gasteiger partial charge in [-0.1, -0.05) is 27.2 Å². The third-order valence-electron chi connectivity index (χ3n) is 1.76. The van der Waals surface area contributed by atoms with E-state index in [4.69, 9.17) is 10.8 Å². The first-order valence-corrected chi connectivity index (χ1v) is 4.31. The molecule has 0 spiro atoms. The Kier molecular flexibility index (Phi) is 4.24. The van der Waals surface area contributed by atoms with E-state index in [2.05, 4.69) is 20.8 Å². The molecule has 0 aromatic heterocycles. The molecule has 0 saturated carbocycles. The van der Waals surface area contributed by atoms with E-state index in [0.29, 0.717) is 6.42 Å². The van der Waals surface area contributed by atoms with E-state index >= 15 is 0 Å². The van der Waals surface area contributed by atoms with Crippen molar-refractivity contribution in [1.82, 2.24) is 0 Å². The Morgan fingerprint density at radius 1 is 1.50 bits per heavy atom. The van der Waals surface area contributed by atoms with Crippen LogP contribution in [0.4, 0.5) is 0 Å². The maximum Gasteiger partial charge on any atom is 0.320 e. The van der Waals surface area contributed by atoms with Crippen LogP contribution in [0.5, 0.6) is 0 Å². The molecule has 0 saturated heterocycles. The number of rotatable bonds is 4. The molecule has 0 bridgehead atoms. The van der Waals surface area contributed by atoms with Crippen molar-refractivity contribution in [1.29, 1.82) is 0 Å². The Morgan fingerprint density at radius 2 is 2.00 bits per heavy atom. The van der Waals surface area contributed by atoms with Gasteiger partial charge >= 0.3 is 5.97 Å². The fraction of sp³-hybridized carbons (Fsp3) is 0.889. The summed E-state index contributed by atoms with van der Waals surface area (Å²) in [6.45, 7) is 6.41. The molecule has 0 heterocycles. The van der Waals surface area contributed by atoms with Crippen LogP contribution in [0.2, 0.25) is 0 Å². The van der Waals surface area contributed by atoms with Gasteiger partial charge in [0, 0.05) is 0 Å². The summed E-state index contributed by atoms with van der Waals surface area (Å²) in [6, 6.07) is -0.688. The quantitative estimate of drug-likeness (QED) is 0.679. The Labute approximate surface area is 74.0 Å². The Bertz CT molecular complexity index is 149. The van der Waals surface area contributed by atoms with Gasteiger partial charge in [-0.25, -0.2) is 0 Å². The third kappa shape index (κ3) is 6.16. The zero-order chi connectivity index (χ0) is 9.78. The minimum atomic E-state index is -0.899. The lowest BCUT2D eigenvalue weighted by Crippen LogP contribution is -2.30. The molecule has 0 unspecified atom stereocenters. The van der Waals surface area contributed by atoms with Crippen molar-refractivity contribution in [3.63, 3.8) is 0 Å². The van der Waals surface area contributed by atoms with E-state index in [1.54, 1.807) is 0 Å². The second-order valence-corrected chi connectivity index (χ2v) is 4.40. The second kappa shape index (κ2) is 4.45. The Morgan fingerprint density at radius 3 is 2.33 bits per heavy atom. The van der Waals surface area contributed by atoms with E-state index in [9.17, 15) is 4.79 Å². The highest BCUT2D eigenvalue weighted by Crippen LogP contribution is 2.21. The van der Waals surface area contributed by atoms with Crippen molar-refractivity contribution in [2.45, 2.75) is 46.1 Å².